The Labute approximate surface area is 246 Å². The normalized spacial score (nSPS) is 20.7. The Bertz CT molecular complexity index is 1490. The molecule has 10 nitrogen and oxygen atoms in total. The molecule has 3 amide bonds. The second-order valence-corrected chi connectivity index (χ2v) is 14.4. The van der Waals surface area contributed by atoms with Crippen LogP contribution < -0.4 is 10.2 Å². The van der Waals surface area contributed by atoms with Crippen LogP contribution in [0, 0.1) is 5.82 Å². The Morgan fingerprint density at radius 1 is 1.10 bits per heavy atom. The number of halogens is 1. The number of piperazine rings is 1. The first kappa shape index (κ1) is 31.4. The second-order valence-electron chi connectivity index (χ2n) is 12.5. The van der Waals surface area contributed by atoms with Crippen LogP contribution in [-0.2, 0) is 29.6 Å². The van der Waals surface area contributed by atoms with E-state index in [1.165, 1.54) is 41.1 Å². The van der Waals surface area contributed by atoms with E-state index in [4.69, 9.17) is 4.74 Å². The zero-order valence-corrected chi connectivity index (χ0v) is 25.9. The lowest BCUT2D eigenvalue weighted by Gasteiger charge is -2.44. The number of likely N-dealkylation sites (N-methyl/N-ethyl adjacent to an activating group) is 1. The van der Waals surface area contributed by atoms with Gasteiger partial charge in [0.2, 0.25) is 21.7 Å². The van der Waals surface area contributed by atoms with Gasteiger partial charge < -0.3 is 19.9 Å². The van der Waals surface area contributed by atoms with E-state index in [2.05, 4.69) is 5.32 Å². The van der Waals surface area contributed by atoms with E-state index < -0.39 is 43.7 Å². The van der Waals surface area contributed by atoms with Crippen molar-refractivity contribution >= 4 is 33.4 Å². The number of hydrogen-bond donors (Lipinski definition) is 1. The number of amides is 3. The maximum atomic E-state index is 15.3. The highest BCUT2D eigenvalue weighted by Crippen LogP contribution is 2.43. The number of hydrogen-bond acceptors (Lipinski definition) is 7. The van der Waals surface area contributed by atoms with Crippen LogP contribution in [0.25, 0.3) is 0 Å². The summed E-state index contributed by atoms with van der Waals surface area (Å²) in [6.07, 6.45) is -0.542. The largest absolute Gasteiger partial charge is 0.444 e. The number of fused-ring (bicyclic) bond motifs is 1. The average Bonchev–Trinajstić information content (AvgIpc) is 3.17. The average molecular weight is 603 g/mol. The minimum atomic E-state index is -4.19. The molecule has 0 aliphatic carbocycles. The quantitative estimate of drug-likeness (QED) is 0.558. The molecule has 4 rings (SSSR count). The Morgan fingerprint density at radius 2 is 1.74 bits per heavy atom. The van der Waals surface area contributed by atoms with E-state index in [0.29, 0.717) is 11.3 Å². The number of nitrogens with one attached hydrogen (secondary N) is 1. The first-order chi connectivity index (χ1) is 19.5. The molecule has 2 aromatic carbocycles. The lowest BCUT2D eigenvalue weighted by atomic mass is 9.87. The monoisotopic (exact) mass is 602 g/mol. The van der Waals surface area contributed by atoms with Crippen molar-refractivity contribution in [1.82, 2.24) is 15.1 Å². The number of sulfone groups is 1. The summed E-state index contributed by atoms with van der Waals surface area (Å²) >= 11 is 0. The molecule has 1 fully saturated rings. The fraction of sp³-hybridized carbons (Fsp3) is 0.500. The minimum absolute atomic E-state index is 0.0236. The molecule has 0 radical (unpaired) electrons. The SMILES string of the molecule is CNC(=O)[C@H]1CN(C(=O)OC(C)(C)C)[C@H](C)CN1CC(=O)N1CC(C)(C)c2cc(F)c(S(=O)(=O)c3ccccc3)cc21. The topological polar surface area (TPSA) is 116 Å². The summed E-state index contributed by atoms with van der Waals surface area (Å²) in [5, 5.41) is 2.61. The van der Waals surface area contributed by atoms with Crippen LogP contribution >= 0.6 is 0 Å². The molecule has 2 aliphatic rings. The number of ether oxygens (including phenoxy) is 1. The van der Waals surface area contributed by atoms with Crippen LogP contribution in [0.15, 0.2) is 52.3 Å². The van der Waals surface area contributed by atoms with Crippen LogP contribution in [0.5, 0.6) is 0 Å². The first-order valence-corrected chi connectivity index (χ1v) is 15.3. The second kappa shape index (κ2) is 11.3. The van der Waals surface area contributed by atoms with Gasteiger partial charge in [0.1, 0.15) is 22.4 Å². The molecule has 42 heavy (non-hydrogen) atoms. The number of carbonyl (C=O) groups excluding carboxylic acids is 3. The molecule has 0 bridgehead atoms. The summed E-state index contributed by atoms with van der Waals surface area (Å²) in [4.78, 5) is 43.7. The van der Waals surface area contributed by atoms with Gasteiger partial charge in [-0.1, -0.05) is 32.0 Å². The highest BCUT2D eigenvalue weighted by Gasteiger charge is 2.44. The van der Waals surface area contributed by atoms with E-state index in [0.717, 1.165) is 0 Å². The standard InChI is InChI=1S/C30H39FN4O6S/c1-19-15-33(24(27(37)32-7)16-34(19)28(38)41-29(2,3)4)17-26(36)35-18-30(5,6)21-13-22(31)25(14-23(21)35)42(39,40)20-11-9-8-10-12-20/h8-14,19,24H,15-18H2,1-7H3,(H,32,37)/t19-,24-/m1/s1. The van der Waals surface area contributed by atoms with E-state index >= 15 is 4.39 Å². The van der Waals surface area contributed by atoms with E-state index in [-0.39, 0.29) is 48.9 Å². The van der Waals surface area contributed by atoms with Gasteiger partial charge in [-0.2, -0.15) is 0 Å². The van der Waals surface area contributed by atoms with Gasteiger partial charge in [-0.05, 0) is 57.5 Å². The molecule has 0 unspecified atom stereocenters. The lowest BCUT2D eigenvalue weighted by molar-refractivity contribution is -0.131. The van der Waals surface area contributed by atoms with Crippen molar-refractivity contribution < 1.29 is 31.9 Å². The molecule has 2 heterocycles. The summed E-state index contributed by atoms with van der Waals surface area (Å²) in [6.45, 7) is 11.1. The molecule has 2 aromatic rings. The van der Waals surface area contributed by atoms with Crippen molar-refractivity contribution in [1.29, 1.82) is 0 Å². The van der Waals surface area contributed by atoms with Gasteiger partial charge in [0.15, 0.2) is 0 Å². The van der Waals surface area contributed by atoms with Crippen LogP contribution in [0.2, 0.25) is 0 Å². The number of carbonyl (C=O) groups is 3. The number of nitrogens with zero attached hydrogens (tertiary/aromatic N) is 3. The fourth-order valence-corrected chi connectivity index (χ4v) is 6.85. The smallest absolute Gasteiger partial charge is 0.410 e. The molecule has 12 heteroatoms. The molecule has 228 valence electrons. The zero-order valence-electron chi connectivity index (χ0n) is 25.1. The Hall–Kier alpha value is -3.51. The number of benzene rings is 2. The van der Waals surface area contributed by atoms with Crippen molar-refractivity contribution in [2.45, 2.75) is 74.4 Å². The minimum Gasteiger partial charge on any atom is -0.444 e. The van der Waals surface area contributed by atoms with Crippen molar-refractivity contribution in [2.24, 2.45) is 0 Å². The molecular weight excluding hydrogens is 563 g/mol. The Kier molecular flexibility index (Phi) is 8.45. The molecular formula is C30H39FN4O6S. The number of anilines is 1. The molecule has 1 saturated heterocycles. The third-order valence-corrected chi connectivity index (χ3v) is 9.41. The van der Waals surface area contributed by atoms with E-state index in [9.17, 15) is 22.8 Å². The lowest BCUT2D eigenvalue weighted by Crippen LogP contribution is -2.64. The molecule has 0 aromatic heterocycles. The van der Waals surface area contributed by atoms with Crippen LogP contribution in [0.1, 0.15) is 47.1 Å². The maximum Gasteiger partial charge on any atom is 0.410 e. The Morgan fingerprint density at radius 3 is 2.33 bits per heavy atom. The fourth-order valence-electron chi connectivity index (χ4n) is 5.50. The summed E-state index contributed by atoms with van der Waals surface area (Å²) in [7, 11) is -2.70. The predicted octanol–water partition coefficient (Wildman–Crippen LogP) is 3.34. The van der Waals surface area contributed by atoms with Crippen molar-refractivity contribution in [3.05, 3.63) is 53.8 Å². The van der Waals surface area contributed by atoms with Gasteiger partial charge in [0.25, 0.3) is 0 Å². The molecule has 0 saturated carbocycles. The highest BCUT2D eigenvalue weighted by atomic mass is 32.2. The Balaban J connectivity index is 1.64. The van der Waals surface area contributed by atoms with Crippen LogP contribution in [-0.4, -0.2) is 87.0 Å². The summed E-state index contributed by atoms with van der Waals surface area (Å²) in [6, 6.07) is 8.84. The molecule has 2 atom stereocenters. The third kappa shape index (κ3) is 6.14. The van der Waals surface area contributed by atoms with Gasteiger partial charge in [-0.3, -0.25) is 14.5 Å². The summed E-state index contributed by atoms with van der Waals surface area (Å²) < 4.78 is 47.5. The first-order valence-electron chi connectivity index (χ1n) is 13.9. The molecule has 1 N–H and O–H groups in total. The van der Waals surface area contributed by atoms with Gasteiger partial charge in [-0.25, -0.2) is 17.6 Å². The molecule has 0 spiro atoms. The summed E-state index contributed by atoms with van der Waals surface area (Å²) in [5.74, 6) is -1.61. The van der Waals surface area contributed by atoms with Gasteiger partial charge in [0.05, 0.1) is 11.4 Å². The van der Waals surface area contributed by atoms with Crippen LogP contribution in [0.3, 0.4) is 0 Å². The summed E-state index contributed by atoms with van der Waals surface area (Å²) in [5.41, 5.74) is -0.525. The van der Waals surface area contributed by atoms with Crippen LogP contribution in [0.4, 0.5) is 14.9 Å². The van der Waals surface area contributed by atoms with Crippen molar-refractivity contribution in [3.8, 4) is 0 Å². The number of rotatable bonds is 5. The predicted molar refractivity (Wildman–Crippen MR) is 156 cm³/mol. The maximum absolute atomic E-state index is 15.3. The van der Waals surface area contributed by atoms with Crippen molar-refractivity contribution in [3.63, 3.8) is 0 Å². The van der Waals surface area contributed by atoms with Crippen molar-refractivity contribution in [2.75, 3.05) is 38.1 Å². The zero-order chi connectivity index (χ0) is 31.2. The van der Waals surface area contributed by atoms with Gasteiger partial charge in [-0.15, -0.1) is 0 Å². The van der Waals surface area contributed by atoms with E-state index in [1.54, 1.807) is 43.9 Å². The van der Waals surface area contributed by atoms with Gasteiger partial charge in [0, 0.05) is 43.8 Å². The third-order valence-electron chi connectivity index (χ3n) is 7.62. The van der Waals surface area contributed by atoms with Gasteiger partial charge >= 0.3 is 6.09 Å². The highest BCUT2D eigenvalue weighted by molar-refractivity contribution is 7.91. The van der Waals surface area contributed by atoms with E-state index in [1.807, 2.05) is 20.8 Å². The molecule has 2 aliphatic heterocycles.